The zero-order valence-corrected chi connectivity index (χ0v) is 11.3. The number of rotatable bonds is 4. The van der Waals surface area contributed by atoms with Crippen LogP contribution in [0.25, 0.3) is 0 Å². The van der Waals surface area contributed by atoms with Crippen LogP contribution in [0.2, 0.25) is 0 Å². The monoisotopic (exact) mass is 279 g/mol. The molecule has 2 aromatic rings. The lowest BCUT2D eigenvalue weighted by atomic mass is 10.1. The van der Waals surface area contributed by atoms with Crippen LogP contribution < -0.4 is 5.32 Å². The van der Waals surface area contributed by atoms with Crippen molar-refractivity contribution >= 4 is 11.7 Å². The second-order valence-electron chi connectivity index (χ2n) is 4.54. The van der Waals surface area contributed by atoms with Gasteiger partial charge in [0.25, 0.3) is 5.91 Å². The van der Waals surface area contributed by atoms with E-state index in [1.54, 1.807) is 6.07 Å². The molecule has 0 fully saturated rings. The van der Waals surface area contributed by atoms with Gasteiger partial charge in [-0.2, -0.15) is 5.10 Å². The number of aromatic nitrogens is 2. The SMILES string of the molecule is CCCc1cc(NC(=O)c2c(F)ccc(C)c2F)n[nH]1. The third-order valence-electron chi connectivity index (χ3n) is 2.90. The normalized spacial score (nSPS) is 10.6. The first-order valence-electron chi connectivity index (χ1n) is 6.33. The van der Waals surface area contributed by atoms with Gasteiger partial charge in [-0.25, -0.2) is 8.78 Å². The van der Waals surface area contributed by atoms with Crippen molar-refractivity contribution in [2.24, 2.45) is 0 Å². The molecule has 1 heterocycles. The lowest BCUT2D eigenvalue weighted by Gasteiger charge is -2.06. The first kappa shape index (κ1) is 14.2. The van der Waals surface area contributed by atoms with Crippen LogP contribution in [0.3, 0.4) is 0 Å². The fourth-order valence-corrected chi connectivity index (χ4v) is 1.87. The van der Waals surface area contributed by atoms with Gasteiger partial charge in [0.2, 0.25) is 0 Å². The predicted molar refractivity (Wildman–Crippen MR) is 71.6 cm³/mol. The van der Waals surface area contributed by atoms with E-state index in [-0.39, 0.29) is 11.4 Å². The quantitative estimate of drug-likeness (QED) is 0.903. The molecule has 2 rings (SSSR count). The number of benzene rings is 1. The molecule has 0 aliphatic heterocycles. The Bertz CT molecular complexity index is 637. The Balaban J connectivity index is 2.21. The average molecular weight is 279 g/mol. The molecule has 0 bridgehead atoms. The lowest BCUT2D eigenvalue weighted by Crippen LogP contribution is -2.16. The average Bonchev–Trinajstić information content (AvgIpc) is 2.82. The van der Waals surface area contributed by atoms with Gasteiger partial charge in [-0.15, -0.1) is 0 Å². The first-order valence-corrected chi connectivity index (χ1v) is 6.33. The van der Waals surface area contributed by atoms with Crippen LogP contribution in [0.1, 0.15) is 35.0 Å². The molecule has 1 amide bonds. The minimum Gasteiger partial charge on any atom is -0.305 e. The molecule has 0 saturated carbocycles. The summed E-state index contributed by atoms with van der Waals surface area (Å²) in [7, 11) is 0. The molecule has 0 saturated heterocycles. The Morgan fingerprint density at radius 1 is 1.40 bits per heavy atom. The van der Waals surface area contributed by atoms with E-state index in [2.05, 4.69) is 15.5 Å². The van der Waals surface area contributed by atoms with Crippen LogP contribution in [-0.2, 0) is 6.42 Å². The summed E-state index contributed by atoms with van der Waals surface area (Å²) in [5.41, 5.74) is 0.475. The third kappa shape index (κ3) is 2.84. The summed E-state index contributed by atoms with van der Waals surface area (Å²) in [6.45, 7) is 3.48. The molecular weight excluding hydrogens is 264 g/mol. The minimum atomic E-state index is -0.894. The van der Waals surface area contributed by atoms with E-state index in [9.17, 15) is 13.6 Å². The zero-order chi connectivity index (χ0) is 14.7. The highest BCUT2D eigenvalue weighted by Gasteiger charge is 2.19. The molecule has 1 aromatic heterocycles. The van der Waals surface area contributed by atoms with Gasteiger partial charge >= 0.3 is 0 Å². The number of hydrogen-bond acceptors (Lipinski definition) is 2. The number of H-pyrrole nitrogens is 1. The maximum atomic E-state index is 13.8. The predicted octanol–water partition coefficient (Wildman–Crippen LogP) is 3.20. The molecular formula is C14H15F2N3O. The van der Waals surface area contributed by atoms with Crippen LogP contribution >= 0.6 is 0 Å². The Kier molecular flexibility index (Phi) is 4.12. The van der Waals surface area contributed by atoms with Crippen LogP contribution in [0.15, 0.2) is 18.2 Å². The Morgan fingerprint density at radius 2 is 2.15 bits per heavy atom. The largest absolute Gasteiger partial charge is 0.305 e. The Morgan fingerprint density at radius 3 is 2.85 bits per heavy atom. The first-order chi connectivity index (χ1) is 9.52. The number of amides is 1. The number of carbonyl (C=O) groups excluding carboxylic acids is 1. The molecule has 4 nitrogen and oxygen atoms in total. The summed E-state index contributed by atoms with van der Waals surface area (Å²) < 4.78 is 27.4. The van der Waals surface area contributed by atoms with Gasteiger partial charge in [0.1, 0.15) is 17.2 Å². The highest BCUT2D eigenvalue weighted by molar-refractivity contribution is 6.04. The van der Waals surface area contributed by atoms with Gasteiger partial charge in [-0.05, 0) is 25.0 Å². The fourth-order valence-electron chi connectivity index (χ4n) is 1.87. The smallest absolute Gasteiger partial charge is 0.262 e. The van der Waals surface area contributed by atoms with Crippen LogP contribution in [0.4, 0.5) is 14.6 Å². The Hall–Kier alpha value is -2.24. The maximum absolute atomic E-state index is 13.8. The number of nitrogens with zero attached hydrogens (tertiary/aromatic N) is 1. The summed E-state index contributed by atoms with van der Waals surface area (Å²) in [6, 6.07) is 4.00. The van der Waals surface area contributed by atoms with Crippen LogP contribution in [0.5, 0.6) is 0 Å². The van der Waals surface area contributed by atoms with Crippen molar-refractivity contribution in [3.05, 3.63) is 46.7 Å². The topological polar surface area (TPSA) is 57.8 Å². The van der Waals surface area contributed by atoms with Crippen molar-refractivity contribution in [1.29, 1.82) is 0 Å². The second-order valence-corrected chi connectivity index (χ2v) is 4.54. The van der Waals surface area contributed by atoms with Crippen LogP contribution in [0, 0.1) is 18.6 Å². The highest BCUT2D eigenvalue weighted by atomic mass is 19.1. The van der Waals surface area contributed by atoms with Gasteiger partial charge in [0, 0.05) is 11.8 Å². The van der Waals surface area contributed by atoms with E-state index in [0.29, 0.717) is 0 Å². The standard InChI is InChI=1S/C14H15F2N3O/c1-3-4-9-7-11(19-18-9)17-14(20)12-10(15)6-5-8(2)13(12)16/h5-7H,3-4H2,1-2H3,(H2,17,18,19,20). The molecule has 0 aliphatic rings. The van der Waals surface area contributed by atoms with Crippen molar-refractivity contribution in [1.82, 2.24) is 10.2 Å². The van der Waals surface area contributed by atoms with Gasteiger partial charge < -0.3 is 5.32 Å². The van der Waals surface area contributed by atoms with Crippen molar-refractivity contribution in [2.45, 2.75) is 26.7 Å². The molecule has 0 aliphatic carbocycles. The number of anilines is 1. The lowest BCUT2D eigenvalue weighted by molar-refractivity contribution is 0.101. The third-order valence-corrected chi connectivity index (χ3v) is 2.90. The zero-order valence-electron chi connectivity index (χ0n) is 11.3. The molecule has 0 radical (unpaired) electrons. The van der Waals surface area contributed by atoms with Crippen molar-refractivity contribution in [3.8, 4) is 0 Å². The number of halogens is 2. The Labute approximate surface area is 115 Å². The molecule has 0 spiro atoms. The fraction of sp³-hybridized carbons (Fsp3) is 0.286. The number of nitrogens with one attached hydrogen (secondary N) is 2. The molecule has 1 aromatic carbocycles. The van der Waals surface area contributed by atoms with Crippen molar-refractivity contribution in [2.75, 3.05) is 5.32 Å². The summed E-state index contributed by atoms with van der Waals surface area (Å²) >= 11 is 0. The van der Waals surface area contributed by atoms with Gasteiger partial charge in [-0.1, -0.05) is 19.4 Å². The molecule has 0 unspecified atom stereocenters. The minimum absolute atomic E-state index is 0.213. The summed E-state index contributed by atoms with van der Waals surface area (Å²) in [4.78, 5) is 11.9. The van der Waals surface area contributed by atoms with Gasteiger partial charge in [0.05, 0.1) is 0 Å². The van der Waals surface area contributed by atoms with E-state index in [4.69, 9.17) is 0 Å². The summed E-state index contributed by atoms with van der Waals surface area (Å²) in [5, 5.41) is 9.02. The summed E-state index contributed by atoms with van der Waals surface area (Å²) in [6.07, 6.45) is 1.72. The number of hydrogen-bond donors (Lipinski definition) is 2. The van der Waals surface area contributed by atoms with E-state index >= 15 is 0 Å². The summed E-state index contributed by atoms with van der Waals surface area (Å²) in [5.74, 6) is -2.35. The number of carbonyl (C=O) groups is 1. The number of aryl methyl sites for hydroxylation is 2. The molecule has 0 atom stereocenters. The van der Waals surface area contributed by atoms with Crippen molar-refractivity contribution in [3.63, 3.8) is 0 Å². The molecule has 2 N–H and O–H groups in total. The van der Waals surface area contributed by atoms with E-state index < -0.39 is 23.1 Å². The molecule has 106 valence electrons. The molecule has 6 heteroatoms. The second kappa shape index (κ2) is 5.81. The van der Waals surface area contributed by atoms with E-state index in [0.717, 1.165) is 24.6 Å². The van der Waals surface area contributed by atoms with E-state index in [1.165, 1.54) is 13.0 Å². The molecule has 20 heavy (non-hydrogen) atoms. The van der Waals surface area contributed by atoms with Crippen molar-refractivity contribution < 1.29 is 13.6 Å². The number of aromatic amines is 1. The highest BCUT2D eigenvalue weighted by Crippen LogP contribution is 2.18. The maximum Gasteiger partial charge on any atom is 0.262 e. The van der Waals surface area contributed by atoms with Gasteiger partial charge in [0.15, 0.2) is 5.82 Å². The van der Waals surface area contributed by atoms with Gasteiger partial charge in [-0.3, -0.25) is 9.89 Å². The van der Waals surface area contributed by atoms with E-state index in [1.807, 2.05) is 6.92 Å². The van der Waals surface area contributed by atoms with Crippen LogP contribution in [-0.4, -0.2) is 16.1 Å².